The standard InChI is InChI=1S/C15H25N3O.C4H4O4/c1-3-8-17(9-4-1)10-6-12-19-15-13-14-7-2-5-11-18(14)16-15;5-3(6)1-2-4(7)8/h13H,1-12H2;1-2H,(H,5,6)(H,7,8)/b;2-1-. The number of piperidine rings is 1. The lowest BCUT2D eigenvalue weighted by molar-refractivity contribution is -0.134. The van der Waals surface area contributed by atoms with Gasteiger partial charge in [0.1, 0.15) is 0 Å². The molecule has 3 heterocycles. The highest BCUT2D eigenvalue weighted by molar-refractivity contribution is 5.89. The first-order chi connectivity index (χ1) is 13.0. The van der Waals surface area contributed by atoms with Gasteiger partial charge in [-0.1, -0.05) is 6.42 Å². The lowest BCUT2D eigenvalue weighted by atomic mass is 10.1. The molecular formula is C19H29N3O5. The maximum absolute atomic E-state index is 9.55. The quantitative estimate of drug-likeness (QED) is 0.553. The van der Waals surface area contributed by atoms with E-state index >= 15 is 0 Å². The molecule has 0 bridgehead atoms. The number of ether oxygens (including phenoxy) is 1. The number of rotatable bonds is 7. The zero-order chi connectivity index (χ0) is 19.5. The zero-order valence-electron chi connectivity index (χ0n) is 15.7. The van der Waals surface area contributed by atoms with Crippen LogP contribution in [-0.2, 0) is 22.6 Å². The fourth-order valence-corrected chi connectivity index (χ4v) is 3.25. The van der Waals surface area contributed by atoms with E-state index in [9.17, 15) is 9.59 Å². The van der Waals surface area contributed by atoms with Crippen LogP contribution in [0.3, 0.4) is 0 Å². The largest absolute Gasteiger partial charge is 0.478 e. The summed E-state index contributed by atoms with van der Waals surface area (Å²) in [6.07, 6.45) is 10.1. The van der Waals surface area contributed by atoms with Crippen LogP contribution in [0.4, 0.5) is 0 Å². The summed E-state index contributed by atoms with van der Waals surface area (Å²) in [5, 5.41) is 20.1. The second-order valence-electron chi connectivity index (χ2n) is 6.77. The molecule has 150 valence electrons. The van der Waals surface area contributed by atoms with Crippen molar-refractivity contribution in [2.24, 2.45) is 0 Å². The Morgan fingerprint density at radius 2 is 1.70 bits per heavy atom. The zero-order valence-corrected chi connectivity index (χ0v) is 15.7. The summed E-state index contributed by atoms with van der Waals surface area (Å²) in [5.41, 5.74) is 1.34. The Morgan fingerprint density at radius 3 is 2.33 bits per heavy atom. The molecule has 1 saturated heterocycles. The van der Waals surface area contributed by atoms with Crippen molar-refractivity contribution in [2.75, 3.05) is 26.2 Å². The molecule has 0 radical (unpaired) electrons. The first-order valence-corrected chi connectivity index (χ1v) is 9.60. The van der Waals surface area contributed by atoms with Crippen LogP contribution in [0.25, 0.3) is 0 Å². The van der Waals surface area contributed by atoms with Gasteiger partial charge in [-0.25, -0.2) is 9.59 Å². The van der Waals surface area contributed by atoms with E-state index in [4.69, 9.17) is 14.9 Å². The molecule has 2 aliphatic heterocycles. The molecular weight excluding hydrogens is 350 g/mol. The van der Waals surface area contributed by atoms with Gasteiger partial charge in [0.25, 0.3) is 0 Å². The van der Waals surface area contributed by atoms with Crippen molar-refractivity contribution < 1.29 is 24.5 Å². The van der Waals surface area contributed by atoms with Crippen molar-refractivity contribution >= 4 is 11.9 Å². The molecule has 0 atom stereocenters. The molecule has 8 nitrogen and oxygen atoms in total. The second kappa shape index (κ2) is 11.4. The third kappa shape index (κ3) is 8.25. The Hall–Kier alpha value is -2.35. The number of carboxylic acids is 2. The highest BCUT2D eigenvalue weighted by Gasteiger charge is 2.13. The Kier molecular flexibility index (Phi) is 8.83. The predicted molar refractivity (Wildman–Crippen MR) is 100.0 cm³/mol. The third-order valence-electron chi connectivity index (χ3n) is 4.58. The number of fused-ring (bicyclic) bond motifs is 1. The summed E-state index contributed by atoms with van der Waals surface area (Å²) in [6, 6.07) is 2.13. The average Bonchev–Trinajstić information content (AvgIpc) is 3.08. The van der Waals surface area contributed by atoms with Crippen LogP contribution in [0.2, 0.25) is 0 Å². The van der Waals surface area contributed by atoms with E-state index in [0.717, 1.165) is 31.9 Å². The van der Waals surface area contributed by atoms with Gasteiger partial charge in [0, 0.05) is 37.0 Å². The van der Waals surface area contributed by atoms with Gasteiger partial charge in [0.05, 0.1) is 6.61 Å². The number of aliphatic carboxylic acids is 2. The number of likely N-dealkylation sites (tertiary alicyclic amines) is 1. The summed E-state index contributed by atoms with van der Waals surface area (Å²) in [4.78, 5) is 21.7. The molecule has 1 fully saturated rings. The van der Waals surface area contributed by atoms with Gasteiger partial charge in [-0.2, -0.15) is 0 Å². The first-order valence-electron chi connectivity index (χ1n) is 9.60. The average molecular weight is 379 g/mol. The Bertz CT molecular complexity index is 596. The molecule has 0 saturated carbocycles. The van der Waals surface area contributed by atoms with Crippen LogP contribution in [0.15, 0.2) is 18.2 Å². The van der Waals surface area contributed by atoms with Crippen molar-refractivity contribution in [3.05, 3.63) is 23.9 Å². The molecule has 1 aromatic heterocycles. The van der Waals surface area contributed by atoms with E-state index in [1.807, 2.05) is 0 Å². The highest BCUT2D eigenvalue weighted by atomic mass is 16.5. The molecule has 2 N–H and O–H groups in total. The smallest absolute Gasteiger partial charge is 0.328 e. The second-order valence-corrected chi connectivity index (χ2v) is 6.77. The number of hydrogen-bond acceptors (Lipinski definition) is 5. The summed E-state index contributed by atoms with van der Waals surface area (Å²) in [5.74, 6) is -1.68. The van der Waals surface area contributed by atoms with Gasteiger partial charge >= 0.3 is 11.9 Å². The minimum Gasteiger partial charge on any atom is -0.478 e. The maximum Gasteiger partial charge on any atom is 0.328 e. The van der Waals surface area contributed by atoms with Crippen molar-refractivity contribution in [3.63, 3.8) is 0 Å². The van der Waals surface area contributed by atoms with Crippen molar-refractivity contribution in [1.82, 2.24) is 14.7 Å². The first kappa shape index (κ1) is 21.0. The van der Waals surface area contributed by atoms with Gasteiger partial charge in [-0.3, -0.25) is 4.68 Å². The molecule has 0 amide bonds. The van der Waals surface area contributed by atoms with Gasteiger partial charge < -0.3 is 19.8 Å². The molecule has 0 spiro atoms. The number of carboxylic acid groups (broad SMARTS) is 2. The van der Waals surface area contributed by atoms with Crippen molar-refractivity contribution in [1.29, 1.82) is 0 Å². The number of carbonyl (C=O) groups is 2. The van der Waals surface area contributed by atoms with E-state index < -0.39 is 11.9 Å². The van der Waals surface area contributed by atoms with Crippen LogP contribution < -0.4 is 4.74 Å². The summed E-state index contributed by atoms with van der Waals surface area (Å²) >= 11 is 0. The molecule has 3 rings (SSSR count). The van der Waals surface area contributed by atoms with Gasteiger partial charge in [-0.15, -0.1) is 5.10 Å². The van der Waals surface area contributed by atoms with Crippen LogP contribution in [-0.4, -0.2) is 63.1 Å². The fraction of sp³-hybridized carbons (Fsp3) is 0.632. The lowest BCUT2D eigenvalue weighted by Gasteiger charge is -2.26. The van der Waals surface area contributed by atoms with Gasteiger partial charge in [0.2, 0.25) is 5.88 Å². The van der Waals surface area contributed by atoms with E-state index in [2.05, 4.69) is 20.7 Å². The highest BCUT2D eigenvalue weighted by Crippen LogP contribution is 2.19. The van der Waals surface area contributed by atoms with Crippen LogP contribution >= 0.6 is 0 Å². The fourth-order valence-electron chi connectivity index (χ4n) is 3.25. The lowest BCUT2D eigenvalue weighted by Crippen LogP contribution is -2.31. The molecule has 0 aliphatic carbocycles. The Balaban J connectivity index is 0.000000279. The summed E-state index contributed by atoms with van der Waals surface area (Å²) in [6.45, 7) is 5.59. The summed E-state index contributed by atoms with van der Waals surface area (Å²) < 4.78 is 7.91. The molecule has 0 unspecified atom stereocenters. The molecule has 27 heavy (non-hydrogen) atoms. The third-order valence-corrected chi connectivity index (χ3v) is 4.58. The van der Waals surface area contributed by atoms with Crippen LogP contribution in [0.1, 0.15) is 44.2 Å². The van der Waals surface area contributed by atoms with Crippen LogP contribution in [0.5, 0.6) is 5.88 Å². The number of hydrogen-bond donors (Lipinski definition) is 2. The molecule has 8 heteroatoms. The van der Waals surface area contributed by atoms with E-state index in [1.54, 1.807) is 0 Å². The molecule has 2 aliphatic rings. The topological polar surface area (TPSA) is 105 Å². The monoisotopic (exact) mass is 379 g/mol. The maximum atomic E-state index is 9.55. The molecule has 1 aromatic rings. The number of aryl methyl sites for hydroxylation is 2. The summed E-state index contributed by atoms with van der Waals surface area (Å²) in [7, 11) is 0. The van der Waals surface area contributed by atoms with Crippen molar-refractivity contribution in [3.8, 4) is 5.88 Å². The number of nitrogens with zero attached hydrogens (tertiary/aromatic N) is 3. The van der Waals surface area contributed by atoms with Crippen molar-refractivity contribution in [2.45, 2.75) is 51.5 Å². The normalized spacial score (nSPS) is 17.0. The van der Waals surface area contributed by atoms with E-state index in [0.29, 0.717) is 12.2 Å². The van der Waals surface area contributed by atoms with Gasteiger partial charge in [-0.05, 0) is 51.6 Å². The van der Waals surface area contributed by atoms with E-state index in [1.165, 1.54) is 57.4 Å². The predicted octanol–water partition coefficient (Wildman–Crippen LogP) is 2.19. The van der Waals surface area contributed by atoms with E-state index in [-0.39, 0.29) is 0 Å². The number of aromatic nitrogens is 2. The minimum atomic E-state index is -1.26. The SMILES string of the molecule is O=C(O)/C=C\C(=O)O.c1c(OCCCN2CCCCC2)nn2c1CCCC2. The Labute approximate surface area is 159 Å². The minimum absolute atomic E-state index is 0.558. The molecule has 0 aromatic carbocycles. The van der Waals surface area contributed by atoms with Gasteiger partial charge in [0.15, 0.2) is 0 Å². The Morgan fingerprint density at radius 1 is 1.04 bits per heavy atom. The van der Waals surface area contributed by atoms with Crippen LogP contribution in [0, 0.1) is 0 Å².